The van der Waals surface area contributed by atoms with Crippen LogP contribution in [-0.4, -0.2) is 37.0 Å². The van der Waals surface area contributed by atoms with Crippen LogP contribution in [0.2, 0.25) is 0 Å². The molecular weight excluding hydrogens is 245 g/mol. The molecule has 94 valence electrons. The Balaban J connectivity index is 2.40. The van der Waals surface area contributed by atoms with E-state index in [1.165, 1.54) is 22.5 Å². The lowest BCUT2D eigenvalue weighted by Gasteiger charge is -2.22. The van der Waals surface area contributed by atoms with Crippen LogP contribution in [0.4, 0.5) is 4.39 Å². The summed E-state index contributed by atoms with van der Waals surface area (Å²) in [6, 6.07) is 4.87. The van der Waals surface area contributed by atoms with Gasteiger partial charge in [-0.15, -0.1) is 0 Å². The largest absolute Gasteiger partial charge is 0.395 e. The number of rotatable bonds is 3. The fraction of sp³-hybridized carbons (Fsp3) is 0.455. The van der Waals surface area contributed by atoms with Gasteiger partial charge >= 0.3 is 0 Å². The highest BCUT2D eigenvalue weighted by Crippen LogP contribution is 2.26. The van der Waals surface area contributed by atoms with E-state index in [1.54, 1.807) is 0 Å². The molecule has 1 atom stereocenters. The molecule has 1 aliphatic heterocycles. The number of aliphatic hydroxyl groups excluding tert-OH is 1. The first-order valence-electron chi connectivity index (χ1n) is 5.44. The summed E-state index contributed by atoms with van der Waals surface area (Å²) in [5.41, 5.74) is 0. The molecular formula is C11H14FNO3S. The Hall–Kier alpha value is -0.980. The van der Waals surface area contributed by atoms with E-state index in [2.05, 4.69) is 0 Å². The Labute approximate surface area is 99.7 Å². The van der Waals surface area contributed by atoms with Crippen LogP contribution in [0.5, 0.6) is 0 Å². The quantitative estimate of drug-likeness (QED) is 0.880. The lowest BCUT2D eigenvalue weighted by Crippen LogP contribution is -2.37. The SMILES string of the molecule is O=S(=O)(c1ccccc1F)N1CCCC1CO. The van der Waals surface area contributed by atoms with Gasteiger partial charge in [0.05, 0.1) is 6.61 Å². The molecule has 0 bridgehead atoms. The highest BCUT2D eigenvalue weighted by atomic mass is 32.2. The standard InChI is InChI=1S/C11H14FNO3S/c12-10-5-1-2-6-11(10)17(15,16)13-7-3-4-9(13)8-14/h1-2,5-6,9,14H,3-4,7-8H2. The number of sulfonamides is 1. The van der Waals surface area contributed by atoms with Crippen molar-refractivity contribution in [3.63, 3.8) is 0 Å². The minimum absolute atomic E-state index is 0.228. The molecule has 1 aromatic rings. The number of hydrogen-bond donors (Lipinski definition) is 1. The zero-order chi connectivity index (χ0) is 12.5. The summed E-state index contributed by atoms with van der Waals surface area (Å²) < 4.78 is 39.1. The molecule has 2 rings (SSSR count). The van der Waals surface area contributed by atoms with E-state index >= 15 is 0 Å². The summed E-state index contributed by atoms with van der Waals surface area (Å²) in [5, 5.41) is 9.12. The van der Waals surface area contributed by atoms with Crippen LogP contribution in [0.25, 0.3) is 0 Å². The minimum atomic E-state index is -3.83. The van der Waals surface area contributed by atoms with Crippen LogP contribution < -0.4 is 0 Å². The van der Waals surface area contributed by atoms with Gasteiger partial charge in [-0.05, 0) is 25.0 Å². The summed E-state index contributed by atoms with van der Waals surface area (Å²) in [6.45, 7) is 0.107. The first kappa shape index (κ1) is 12.5. The number of benzene rings is 1. The highest BCUT2D eigenvalue weighted by Gasteiger charge is 2.36. The molecule has 17 heavy (non-hydrogen) atoms. The van der Waals surface area contributed by atoms with E-state index in [-0.39, 0.29) is 11.5 Å². The first-order valence-corrected chi connectivity index (χ1v) is 6.88. The summed E-state index contributed by atoms with van der Waals surface area (Å²) in [5.74, 6) is -0.754. The van der Waals surface area contributed by atoms with E-state index in [9.17, 15) is 12.8 Å². The fourth-order valence-corrected chi connectivity index (χ4v) is 3.84. The van der Waals surface area contributed by atoms with Gasteiger partial charge in [-0.25, -0.2) is 12.8 Å². The Kier molecular flexibility index (Phi) is 3.46. The number of halogens is 1. The van der Waals surface area contributed by atoms with Crippen molar-refractivity contribution in [3.05, 3.63) is 30.1 Å². The van der Waals surface area contributed by atoms with Crippen molar-refractivity contribution in [2.45, 2.75) is 23.8 Å². The van der Waals surface area contributed by atoms with E-state index in [4.69, 9.17) is 5.11 Å². The third-order valence-corrected chi connectivity index (χ3v) is 4.94. The lowest BCUT2D eigenvalue weighted by molar-refractivity contribution is 0.213. The van der Waals surface area contributed by atoms with Crippen molar-refractivity contribution >= 4 is 10.0 Å². The smallest absolute Gasteiger partial charge is 0.246 e. The fourth-order valence-electron chi connectivity index (χ4n) is 2.09. The second kappa shape index (κ2) is 4.72. The number of nitrogens with zero attached hydrogens (tertiary/aromatic N) is 1. The third kappa shape index (κ3) is 2.20. The molecule has 1 fully saturated rings. The molecule has 1 saturated heterocycles. The number of hydrogen-bond acceptors (Lipinski definition) is 3. The van der Waals surface area contributed by atoms with Gasteiger partial charge in [-0.3, -0.25) is 0 Å². The molecule has 6 heteroatoms. The van der Waals surface area contributed by atoms with Gasteiger partial charge in [0.15, 0.2) is 0 Å². The Morgan fingerprint density at radius 2 is 2.12 bits per heavy atom. The molecule has 1 aromatic carbocycles. The van der Waals surface area contributed by atoms with Crippen molar-refractivity contribution in [2.24, 2.45) is 0 Å². The van der Waals surface area contributed by atoms with Crippen LogP contribution in [-0.2, 0) is 10.0 Å². The molecule has 0 spiro atoms. The summed E-state index contributed by atoms with van der Waals surface area (Å²) in [6.07, 6.45) is 1.31. The van der Waals surface area contributed by atoms with Crippen molar-refractivity contribution in [1.82, 2.24) is 4.31 Å². The Bertz CT molecular complexity index is 503. The molecule has 1 N–H and O–H groups in total. The highest BCUT2D eigenvalue weighted by molar-refractivity contribution is 7.89. The predicted octanol–water partition coefficient (Wildman–Crippen LogP) is 0.971. The zero-order valence-electron chi connectivity index (χ0n) is 9.21. The maximum atomic E-state index is 13.5. The van der Waals surface area contributed by atoms with Crippen molar-refractivity contribution in [1.29, 1.82) is 0 Å². The minimum Gasteiger partial charge on any atom is -0.395 e. The van der Waals surface area contributed by atoms with Gasteiger partial charge in [-0.2, -0.15) is 4.31 Å². The van der Waals surface area contributed by atoms with Crippen LogP contribution in [0, 0.1) is 5.82 Å². The van der Waals surface area contributed by atoms with Crippen LogP contribution in [0.15, 0.2) is 29.2 Å². The summed E-state index contributed by atoms with van der Waals surface area (Å²) in [7, 11) is -3.83. The molecule has 0 aliphatic carbocycles. The molecule has 0 aromatic heterocycles. The molecule has 1 unspecified atom stereocenters. The third-order valence-electron chi connectivity index (χ3n) is 2.96. The topological polar surface area (TPSA) is 57.6 Å². The Morgan fingerprint density at radius 3 is 2.76 bits per heavy atom. The average molecular weight is 259 g/mol. The van der Waals surface area contributed by atoms with E-state index < -0.39 is 21.9 Å². The molecule has 4 nitrogen and oxygen atoms in total. The predicted molar refractivity (Wildman–Crippen MR) is 60.4 cm³/mol. The van der Waals surface area contributed by atoms with Crippen LogP contribution in [0.3, 0.4) is 0 Å². The van der Waals surface area contributed by atoms with Crippen molar-refractivity contribution in [3.8, 4) is 0 Å². The summed E-state index contributed by atoms with van der Waals surface area (Å²) >= 11 is 0. The maximum absolute atomic E-state index is 13.5. The van der Waals surface area contributed by atoms with Gasteiger partial charge in [0, 0.05) is 12.6 Å². The maximum Gasteiger partial charge on any atom is 0.246 e. The monoisotopic (exact) mass is 259 g/mol. The summed E-state index contributed by atoms with van der Waals surface area (Å²) in [4.78, 5) is -0.319. The van der Waals surface area contributed by atoms with Gasteiger partial charge in [-0.1, -0.05) is 12.1 Å². The molecule has 1 heterocycles. The molecule has 0 saturated carbocycles. The molecule has 0 radical (unpaired) electrons. The van der Waals surface area contributed by atoms with Crippen LogP contribution >= 0.6 is 0 Å². The lowest BCUT2D eigenvalue weighted by atomic mass is 10.2. The zero-order valence-corrected chi connectivity index (χ0v) is 10.0. The van der Waals surface area contributed by atoms with Gasteiger partial charge in [0.25, 0.3) is 0 Å². The van der Waals surface area contributed by atoms with Crippen molar-refractivity contribution in [2.75, 3.05) is 13.2 Å². The van der Waals surface area contributed by atoms with E-state index in [0.717, 1.165) is 6.07 Å². The second-order valence-corrected chi connectivity index (χ2v) is 5.88. The second-order valence-electron chi connectivity index (χ2n) is 4.02. The first-order chi connectivity index (χ1) is 8.07. The van der Waals surface area contributed by atoms with E-state index in [1.807, 2.05) is 0 Å². The number of aliphatic hydroxyl groups is 1. The van der Waals surface area contributed by atoms with E-state index in [0.29, 0.717) is 19.4 Å². The molecule has 1 aliphatic rings. The normalized spacial score (nSPS) is 21.9. The van der Waals surface area contributed by atoms with Gasteiger partial charge < -0.3 is 5.11 Å². The van der Waals surface area contributed by atoms with Gasteiger partial charge in [0.1, 0.15) is 10.7 Å². The van der Waals surface area contributed by atoms with Crippen LogP contribution in [0.1, 0.15) is 12.8 Å². The average Bonchev–Trinajstić information content (AvgIpc) is 2.78. The molecule has 0 amide bonds. The van der Waals surface area contributed by atoms with Gasteiger partial charge in [0.2, 0.25) is 10.0 Å². The van der Waals surface area contributed by atoms with Crippen molar-refractivity contribution < 1.29 is 17.9 Å². The Morgan fingerprint density at radius 1 is 1.41 bits per heavy atom.